The summed E-state index contributed by atoms with van der Waals surface area (Å²) < 4.78 is 18.1. The highest BCUT2D eigenvalue weighted by Gasteiger charge is 2.37. The molecule has 0 aliphatic carbocycles. The van der Waals surface area contributed by atoms with Gasteiger partial charge in [0.1, 0.15) is 24.5 Å². The molecule has 3 aromatic carbocycles. The lowest BCUT2D eigenvalue weighted by Crippen LogP contribution is -2.54. The third kappa shape index (κ3) is 6.06. The Morgan fingerprint density at radius 2 is 1.66 bits per heavy atom. The zero-order valence-electron chi connectivity index (χ0n) is 21.2. The number of aryl methyl sites for hydroxylation is 2. The lowest BCUT2D eigenvalue weighted by molar-refractivity contribution is -0.122. The van der Waals surface area contributed by atoms with Crippen LogP contribution in [0, 0.1) is 13.8 Å². The van der Waals surface area contributed by atoms with E-state index in [9.17, 15) is 14.4 Å². The molecule has 0 atom stereocenters. The number of benzene rings is 3. The summed E-state index contributed by atoms with van der Waals surface area (Å²) in [4.78, 5) is 39.3. The average Bonchev–Trinajstić information content (AvgIpc) is 2.87. The van der Waals surface area contributed by atoms with Gasteiger partial charge in [-0.25, -0.2) is 9.69 Å². The van der Waals surface area contributed by atoms with Crippen LogP contribution in [0.3, 0.4) is 0 Å². The van der Waals surface area contributed by atoms with E-state index in [1.54, 1.807) is 30.3 Å². The van der Waals surface area contributed by atoms with E-state index in [4.69, 9.17) is 14.2 Å². The molecule has 0 bridgehead atoms. The molecule has 9 heteroatoms. The van der Waals surface area contributed by atoms with Crippen molar-refractivity contribution in [2.45, 2.75) is 20.8 Å². The highest BCUT2D eigenvalue weighted by Crippen LogP contribution is 2.38. The first-order chi connectivity index (χ1) is 18.3. The number of rotatable bonds is 9. The first-order valence-electron chi connectivity index (χ1n) is 12.0. The van der Waals surface area contributed by atoms with Crippen LogP contribution in [-0.4, -0.2) is 37.7 Å². The number of para-hydroxylation sites is 1. The Kier molecular flexibility index (Phi) is 8.48. The topological polar surface area (TPSA) is 94.2 Å². The Bertz CT molecular complexity index is 1420. The second-order valence-electron chi connectivity index (χ2n) is 8.52. The van der Waals surface area contributed by atoms with Crippen LogP contribution in [0.15, 0.2) is 70.7 Å². The maximum Gasteiger partial charge on any atom is 0.335 e. The molecule has 1 aliphatic heterocycles. The van der Waals surface area contributed by atoms with E-state index < -0.39 is 17.8 Å². The summed E-state index contributed by atoms with van der Waals surface area (Å²) in [6, 6.07) is 17.2. The molecule has 1 heterocycles. The fourth-order valence-electron chi connectivity index (χ4n) is 3.91. The van der Waals surface area contributed by atoms with Gasteiger partial charge in [-0.05, 0) is 89.8 Å². The maximum absolute atomic E-state index is 13.2. The van der Waals surface area contributed by atoms with Crippen LogP contribution >= 0.6 is 15.9 Å². The van der Waals surface area contributed by atoms with Gasteiger partial charge in [-0.2, -0.15) is 0 Å². The molecule has 1 N–H and O–H groups in total. The minimum absolute atomic E-state index is 0.180. The number of ether oxygens (including phenoxy) is 3. The van der Waals surface area contributed by atoms with E-state index in [0.717, 1.165) is 21.8 Å². The summed E-state index contributed by atoms with van der Waals surface area (Å²) in [5, 5.41) is 2.24. The molecule has 4 amide bonds. The van der Waals surface area contributed by atoms with Crippen molar-refractivity contribution in [3.63, 3.8) is 0 Å². The Morgan fingerprint density at radius 3 is 2.39 bits per heavy atom. The Labute approximate surface area is 229 Å². The summed E-state index contributed by atoms with van der Waals surface area (Å²) in [5.74, 6) is 0.202. The van der Waals surface area contributed by atoms with Crippen LogP contribution < -0.4 is 24.4 Å². The minimum Gasteiger partial charge on any atom is -0.490 e. The largest absolute Gasteiger partial charge is 0.490 e. The third-order valence-corrected chi connectivity index (χ3v) is 6.27. The molecule has 0 saturated carbocycles. The molecular formula is C29H27BrN2O6. The molecule has 1 aliphatic rings. The SMILES string of the molecule is CCOc1cc(/C=C2\C(=O)NC(=O)N(c3cccc(C)c3)C2=O)cc(Br)c1OCCOc1ccccc1C. The molecule has 38 heavy (non-hydrogen) atoms. The van der Waals surface area contributed by atoms with Crippen LogP contribution in [0.4, 0.5) is 10.5 Å². The molecule has 0 aromatic heterocycles. The van der Waals surface area contributed by atoms with Crippen LogP contribution in [0.1, 0.15) is 23.6 Å². The van der Waals surface area contributed by atoms with Crippen LogP contribution in [-0.2, 0) is 9.59 Å². The third-order valence-electron chi connectivity index (χ3n) is 5.69. The number of barbiturate groups is 1. The van der Waals surface area contributed by atoms with Crippen molar-refractivity contribution < 1.29 is 28.6 Å². The summed E-state index contributed by atoms with van der Waals surface area (Å²) in [7, 11) is 0. The molecule has 8 nitrogen and oxygen atoms in total. The van der Waals surface area contributed by atoms with Gasteiger partial charge in [0.25, 0.3) is 11.8 Å². The summed E-state index contributed by atoms with van der Waals surface area (Å²) in [6.45, 7) is 6.63. The van der Waals surface area contributed by atoms with Gasteiger partial charge in [-0.3, -0.25) is 14.9 Å². The molecular weight excluding hydrogens is 552 g/mol. The summed E-state index contributed by atoms with van der Waals surface area (Å²) in [5.41, 5.74) is 2.61. The van der Waals surface area contributed by atoms with Crippen molar-refractivity contribution in [2.75, 3.05) is 24.7 Å². The Morgan fingerprint density at radius 1 is 0.895 bits per heavy atom. The first kappa shape index (κ1) is 26.9. The van der Waals surface area contributed by atoms with E-state index in [0.29, 0.717) is 40.4 Å². The van der Waals surface area contributed by atoms with Crippen molar-refractivity contribution in [1.82, 2.24) is 5.32 Å². The van der Waals surface area contributed by atoms with Crippen molar-refractivity contribution in [3.05, 3.63) is 87.4 Å². The van der Waals surface area contributed by atoms with Crippen molar-refractivity contribution in [1.29, 1.82) is 0 Å². The zero-order chi connectivity index (χ0) is 27.2. The van der Waals surface area contributed by atoms with E-state index in [-0.39, 0.29) is 12.2 Å². The van der Waals surface area contributed by atoms with Gasteiger partial charge in [0.2, 0.25) is 0 Å². The fraction of sp³-hybridized carbons (Fsp3) is 0.207. The quantitative estimate of drug-likeness (QED) is 0.202. The van der Waals surface area contributed by atoms with Gasteiger partial charge in [-0.1, -0.05) is 30.3 Å². The van der Waals surface area contributed by atoms with Crippen LogP contribution in [0.5, 0.6) is 17.2 Å². The Hall–Kier alpha value is -4.11. The summed E-state index contributed by atoms with van der Waals surface area (Å²) in [6.07, 6.45) is 1.42. The van der Waals surface area contributed by atoms with Gasteiger partial charge in [0.05, 0.1) is 16.8 Å². The van der Waals surface area contributed by atoms with E-state index in [2.05, 4.69) is 21.2 Å². The van der Waals surface area contributed by atoms with Gasteiger partial charge < -0.3 is 14.2 Å². The van der Waals surface area contributed by atoms with Gasteiger partial charge in [-0.15, -0.1) is 0 Å². The lowest BCUT2D eigenvalue weighted by Gasteiger charge is -2.26. The first-order valence-corrected chi connectivity index (χ1v) is 12.8. The number of anilines is 1. The van der Waals surface area contributed by atoms with Gasteiger partial charge in [0.15, 0.2) is 11.5 Å². The van der Waals surface area contributed by atoms with Crippen molar-refractivity contribution >= 4 is 45.5 Å². The lowest BCUT2D eigenvalue weighted by atomic mass is 10.1. The molecule has 0 radical (unpaired) electrons. The number of nitrogens with one attached hydrogen (secondary N) is 1. The van der Waals surface area contributed by atoms with E-state index in [1.165, 1.54) is 6.08 Å². The molecule has 0 unspecified atom stereocenters. The number of hydrogen-bond donors (Lipinski definition) is 1. The standard InChI is InChI=1S/C29H27BrN2O6/c1-4-36-25-17-20(16-23(30)26(25)38-13-12-37-24-11-6-5-9-19(24)3)15-22-27(33)31-29(35)32(28(22)34)21-10-7-8-18(2)14-21/h5-11,14-17H,4,12-13H2,1-3H3,(H,31,33,35)/b22-15+. The number of halogens is 1. The van der Waals surface area contributed by atoms with Crippen molar-refractivity contribution in [2.24, 2.45) is 0 Å². The number of carbonyl (C=O) groups excluding carboxylic acids is 3. The van der Waals surface area contributed by atoms with E-state index >= 15 is 0 Å². The average molecular weight is 579 g/mol. The summed E-state index contributed by atoms with van der Waals surface area (Å²) >= 11 is 3.51. The second-order valence-corrected chi connectivity index (χ2v) is 9.38. The number of urea groups is 1. The van der Waals surface area contributed by atoms with Crippen molar-refractivity contribution in [3.8, 4) is 17.2 Å². The number of amides is 4. The number of hydrogen-bond acceptors (Lipinski definition) is 6. The predicted octanol–water partition coefficient (Wildman–Crippen LogP) is 5.59. The maximum atomic E-state index is 13.2. The monoisotopic (exact) mass is 578 g/mol. The Balaban J connectivity index is 1.56. The number of carbonyl (C=O) groups is 3. The molecule has 196 valence electrons. The van der Waals surface area contributed by atoms with Gasteiger partial charge >= 0.3 is 6.03 Å². The highest BCUT2D eigenvalue weighted by atomic mass is 79.9. The molecule has 1 fully saturated rings. The van der Waals surface area contributed by atoms with Gasteiger partial charge in [0, 0.05) is 0 Å². The highest BCUT2D eigenvalue weighted by molar-refractivity contribution is 9.10. The molecule has 1 saturated heterocycles. The minimum atomic E-state index is -0.796. The fourth-order valence-corrected chi connectivity index (χ4v) is 4.49. The number of imide groups is 2. The molecule has 0 spiro atoms. The van der Waals surface area contributed by atoms with Crippen LogP contribution in [0.2, 0.25) is 0 Å². The predicted molar refractivity (Wildman–Crippen MR) is 148 cm³/mol. The molecule has 4 rings (SSSR count). The second kappa shape index (κ2) is 12.0. The number of nitrogens with zero attached hydrogens (tertiary/aromatic N) is 1. The zero-order valence-corrected chi connectivity index (χ0v) is 22.8. The molecule has 3 aromatic rings. The smallest absolute Gasteiger partial charge is 0.335 e. The normalized spacial score (nSPS) is 14.5. The van der Waals surface area contributed by atoms with E-state index in [1.807, 2.05) is 51.1 Å². The van der Waals surface area contributed by atoms with Crippen LogP contribution in [0.25, 0.3) is 6.08 Å².